The van der Waals surface area contributed by atoms with Gasteiger partial charge in [-0.05, 0) is 43.1 Å². The summed E-state index contributed by atoms with van der Waals surface area (Å²) >= 11 is 0. The number of para-hydroxylation sites is 1. The van der Waals surface area contributed by atoms with E-state index in [9.17, 15) is 4.79 Å². The van der Waals surface area contributed by atoms with Gasteiger partial charge in [0.25, 0.3) is 5.91 Å². The Bertz CT molecular complexity index is 891. The maximum Gasteiger partial charge on any atom is 0.257 e. The maximum atomic E-state index is 13.2. The molecule has 1 unspecified atom stereocenters. The maximum absolute atomic E-state index is 13.2. The fourth-order valence-electron chi connectivity index (χ4n) is 3.34. The van der Waals surface area contributed by atoms with Crippen molar-refractivity contribution in [1.29, 1.82) is 0 Å². The number of nitrogens with two attached hydrogens (primary N) is 1. The van der Waals surface area contributed by atoms with E-state index in [0.717, 1.165) is 24.2 Å². The number of hydrogen-bond donors (Lipinski definition) is 1. The van der Waals surface area contributed by atoms with Crippen LogP contribution >= 0.6 is 0 Å². The van der Waals surface area contributed by atoms with Gasteiger partial charge in [0.05, 0.1) is 11.3 Å². The minimum absolute atomic E-state index is 0.00184. The number of hydrogen-bond acceptors (Lipinski definition) is 4. The molecule has 1 aliphatic rings. The second kappa shape index (κ2) is 7.09. The van der Waals surface area contributed by atoms with Crippen LogP contribution in [0.25, 0.3) is 16.9 Å². The first kappa shape index (κ1) is 16.5. The molecule has 4 rings (SSSR count). The van der Waals surface area contributed by atoms with Crippen LogP contribution in [0.3, 0.4) is 0 Å². The molecule has 2 N–H and O–H groups in total. The third kappa shape index (κ3) is 3.11. The van der Waals surface area contributed by atoms with Crippen molar-refractivity contribution < 1.29 is 4.79 Å². The molecule has 0 saturated carbocycles. The number of amides is 1. The van der Waals surface area contributed by atoms with Crippen LogP contribution in [0.2, 0.25) is 0 Å². The van der Waals surface area contributed by atoms with E-state index in [2.05, 4.69) is 10.1 Å². The fraction of sp³-hybridized carbons (Fsp3) is 0.250. The summed E-state index contributed by atoms with van der Waals surface area (Å²) in [7, 11) is 0. The minimum atomic E-state index is 0.00184. The first-order valence-electron chi connectivity index (χ1n) is 8.81. The van der Waals surface area contributed by atoms with E-state index in [1.165, 1.54) is 0 Å². The molecule has 1 saturated heterocycles. The third-order valence-corrected chi connectivity index (χ3v) is 4.81. The van der Waals surface area contributed by atoms with Crippen LogP contribution in [0.5, 0.6) is 0 Å². The van der Waals surface area contributed by atoms with E-state index in [-0.39, 0.29) is 5.91 Å². The molecular weight excluding hydrogens is 326 g/mol. The van der Waals surface area contributed by atoms with Gasteiger partial charge in [0.1, 0.15) is 5.69 Å². The molecule has 3 heterocycles. The Balaban J connectivity index is 1.75. The highest BCUT2D eigenvalue weighted by molar-refractivity contribution is 6.00. The SMILES string of the molecule is NCC1CCN(C(=O)c2cn(-c3ccccc3)nc2-c2cccnc2)C1. The van der Waals surface area contributed by atoms with E-state index < -0.39 is 0 Å². The second-order valence-electron chi connectivity index (χ2n) is 6.55. The van der Waals surface area contributed by atoms with Crippen molar-refractivity contribution in [1.82, 2.24) is 19.7 Å². The van der Waals surface area contributed by atoms with Gasteiger partial charge in [-0.2, -0.15) is 5.10 Å². The lowest BCUT2D eigenvalue weighted by atomic mass is 10.1. The lowest BCUT2D eigenvalue weighted by molar-refractivity contribution is 0.0788. The van der Waals surface area contributed by atoms with Crippen molar-refractivity contribution in [3.05, 3.63) is 66.6 Å². The normalized spacial score (nSPS) is 16.8. The Morgan fingerprint density at radius 2 is 2.04 bits per heavy atom. The van der Waals surface area contributed by atoms with E-state index in [1.54, 1.807) is 17.1 Å². The Morgan fingerprint density at radius 3 is 2.73 bits per heavy atom. The number of pyridine rings is 1. The zero-order valence-electron chi connectivity index (χ0n) is 14.5. The molecule has 1 fully saturated rings. The number of likely N-dealkylation sites (tertiary alicyclic amines) is 1. The molecule has 0 aliphatic carbocycles. The number of aromatic nitrogens is 3. The zero-order chi connectivity index (χ0) is 17.9. The molecule has 1 amide bonds. The van der Waals surface area contributed by atoms with Crippen LogP contribution in [0.15, 0.2) is 61.1 Å². The summed E-state index contributed by atoms with van der Waals surface area (Å²) in [4.78, 5) is 19.2. The summed E-state index contributed by atoms with van der Waals surface area (Å²) < 4.78 is 1.76. The molecule has 2 aromatic heterocycles. The Hall–Kier alpha value is -2.99. The molecular formula is C20H21N5O. The monoisotopic (exact) mass is 347 g/mol. The summed E-state index contributed by atoms with van der Waals surface area (Å²) in [6.07, 6.45) is 6.22. The van der Waals surface area contributed by atoms with Gasteiger partial charge >= 0.3 is 0 Å². The van der Waals surface area contributed by atoms with Crippen molar-refractivity contribution in [3.63, 3.8) is 0 Å². The van der Waals surface area contributed by atoms with Gasteiger partial charge < -0.3 is 10.6 Å². The summed E-state index contributed by atoms with van der Waals surface area (Å²) in [6.45, 7) is 2.06. The Kier molecular flexibility index (Phi) is 4.50. The van der Waals surface area contributed by atoms with Crippen molar-refractivity contribution in [2.45, 2.75) is 6.42 Å². The molecule has 6 heteroatoms. The first-order valence-corrected chi connectivity index (χ1v) is 8.81. The van der Waals surface area contributed by atoms with Crippen molar-refractivity contribution in [2.24, 2.45) is 11.7 Å². The second-order valence-corrected chi connectivity index (χ2v) is 6.55. The third-order valence-electron chi connectivity index (χ3n) is 4.81. The first-order chi connectivity index (χ1) is 12.8. The average Bonchev–Trinajstić information content (AvgIpc) is 3.36. The fourth-order valence-corrected chi connectivity index (χ4v) is 3.34. The van der Waals surface area contributed by atoms with Gasteiger partial charge in [0.2, 0.25) is 0 Å². The van der Waals surface area contributed by atoms with Gasteiger partial charge in [-0.3, -0.25) is 9.78 Å². The highest BCUT2D eigenvalue weighted by atomic mass is 16.2. The van der Waals surface area contributed by atoms with E-state index in [0.29, 0.717) is 30.3 Å². The van der Waals surface area contributed by atoms with Crippen molar-refractivity contribution >= 4 is 5.91 Å². The predicted octanol–water partition coefficient (Wildman–Crippen LogP) is 2.36. The molecule has 0 bridgehead atoms. The standard InChI is InChI=1S/C20H21N5O/c21-11-15-8-10-24(13-15)20(26)18-14-25(17-6-2-1-3-7-17)23-19(18)16-5-4-9-22-12-16/h1-7,9,12,14-15H,8,10-11,13,21H2. The van der Waals surface area contributed by atoms with Crippen LogP contribution in [0, 0.1) is 5.92 Å². The van der Waals surface area contributed by atoms with E-state index >= 15 is 0 Å². The summed E-state index contributed by atoms with van der Waals surface area (Å²) in [5.74, 6) is 0.381. The van der Waals surface area contributed by atoms with Crippen LogP contribution in [-0.4, -0.2) is 45.2 Å². The quantitative estimate of drug-likeness (QED) is 0.786. The van der Waals surface area contributed by atoms with Crippen LogP contribution in [-0.2, 0) is 0 Å². The summed E-state index contributed by atoms with van der Waals surface area (Å²) in [6, 6.07) is 13.6. The van der Waals surface area contributed by atoms with Crippen LogP contribution in [0.1, 0.15) is 16.8 Å². The molecule has 132 valence electrons. The number of carbonyl (C=O) groups is 1. The van der Waals surface area contributed by atoms with Gasteiger partial charge in [-0.15, -0.1) is 0 Å². The lowest BCUT2D eigenvalue weighted by Crippen LogP contribution is -2.30. The lowest BCUT2D eigenvalue weighted by Gasteiger charge is -2.16. The molecule has 1 atom stereocenters. The molecule has 0 radical (unpaired) electrons. The Morgan fingerprint density at radius 1 is 1.19 bits per heavy atom. The predicted molar refractivity (Wildman–Crippen MR) is 99.9 cm³/mol. The summed E-state index contributed by atoms with van der Waals surface area (Å²) in [5.41, 5.74) is 8.77. The summed E-state index contributed by atoms with van der Waals surface area (Å²) in [5, 5.41) is 4.69. The minimum Gasteiger partial charge on any atom is -0.338 e. The number of rotatable bonds is 4. The zero-order valence-corrected chi connectivity index (χ0v) is 14.5. The largest absolute Gasteiger partial charge is 0.338 e. The molecule has 6 nitrogen and oxygen atoms in total. The van der Waals surface area contributed by atoms with Gasteiger partial charge in [0.15, 0.2) is 0 Å². The molecule has 1 aliphatic heterocycles. The topological polar surface area (TPSA) is 77.0 Å². The number of benzene rings is 1. The van der Waals surface area contributed by atoms with E-state index in [4.69, 9.17) is 5.73 Å². The molecule has 3 aromatic rings. The molecule has 26 heavy (non-hydrogen) atoms. The van der Waals surface area contributed by atoms with Gasteiger partial charge in [-0.25, -0.2) is 4.68 Å². The average molecular weight is 347 g/mol. The van der Waals surface area contributed by atoms with Gasteiger partial charge in [-0.1, -0.05) is 18.2 Å². The Labute approximate surface area is 152 Å². The van der Waals surface area contributed by atoms with Crippen molar-refractivity contribution in [3.8, 4) is 16.9 Å². The van der Waals surface area contributed by atoms with E-state index in [1.807, 2.05) is 53.6 Å². The van der Waals surface area contributed by atoms with Crippen LogP contribution in [0.4, 0.5) is 0 Å². The number of nitrogens with zero attached hydrogens (tertiary/aromatic N) is 4. The van der Waals surface area contributed by atoms with Gasteiger partial charge in [0, 0.05) is 37.2 Å². The molecule has 0 spiro atoms. The highest BCUT2D eigenvalue weighted by Crippen LogP contribution is 2.26. The number of carbonyl (C=O) groups excluding carboxylic acids is 1. The smallest absolute Gasteiger partial charge is 0.257 e. The highest BCUT2D eigenvalue weighted by Gasteiger charge is 2.29. The molecule has 1 aromatic carbocycles. The van der Waals surface area contributed by atoms with Crippen molar-refractivity contribution in [2.75, 3.05) is 19.6 Å². The van der Waals surface area contributed by atoms with Crippen LogP contribution < -0.4 is 5.73 Å².